The minimum atomic E-state index is 0.0746. The van der Waals surface area contributed by atoms with Gasteiger partial charge in [0.05, 0.1) is 12.5 Å². The summed E-state index contributed by atoms with van der Waals surface area (Å²) in [5.74, 6) is 0.224. The lowest BCUT2D eigenvalue weighted by Gasteiger charge is -2.16. The predicted molar refractivity (Wildman–Crippen MR) is 105 cm³/mol. The molecule has 0 aromatic carbocycles. The van der Waals surface area contributed by atoms with Crippen LogP contribution in [-0.2, 0) is 9.53 Å². The van der Waals surface area contributed by atoms with E-state index in [-0.39, 0.29) is 11.9 Å². The molecule has 0 aromatic heterocycles. The largest absolute Gasteiger partial charge is 0.465 e. The van der Waals surface area contributed by atoms with Crippen LogP contribution in [0.15, 0.2) is 0 Å². The number of esters is 1. The first-order valence-electron chi connectivity index (χ1n) is 10.9. The van der Waals surface area contributed by atoms with E-state index >= 15 is 0 Å². The van der Waals surface area contributed by atoms with Crippen molar-refractivity contribution in [3.05, 3.63) is 0 Å². The average molecular weight is 341 g/mol. The van der Waals surface area contributed by atoms with Gasteiger partial charge in [-0.15, -0.1) is 0 Å². The molecule has 0 aliphatic carbocycles. The molecule has 0 aliphatic heterocycles. The zero-order valence-corrected chi connectivity index (χ0v) is 16.9. The van der Waals surface area contributed by atoms with Crippen LogP contribution in [0.25, 0.3) is 0 Å². The van der Waals surface area contributed by atoms with Gasteiger partial charge in [0, 0.05) is 0 Å². The average Bonchev–Trinajstić information content (AvgIpc) is 2.59. The lowest BCUT2D eigenvalue weighted by molar-refractivity contribution is -0.149. The molecule has 0 N–H and O–H groups in total. The molecule has 0 fully saturated rings. The highest BCUT2D eigenvalue weighted by Crippen LogP contribution is 2.19. The van der Waals surface area contributed by atoms with E-state index in [4.69, 9.17) is 4.74 Å². The summed E-state index contributed by atoms with van der Waals surface area (Å²) in [6.07, 6.45) is 19.6. The van der Waals surface area contributed by atoms with Crippen LogP contribution in [0.1, 0.15) is 124 Å². The van der Waals surface area contributed by atoms with Crippen molar-refractivity contribution in [2.45, 2.75) is 124 Å². The highest BCUT2D eigenvalue weighted by atomic mass is 16.5. The highest BCUT2D eigenvalue weighted by Gasteiger charge is 2.18. The predicted octanol–water partition coefficient (Wildman–Crippen LogP) is 7.45. The van der Waals surface area contributed by atoms with E-state index in [1.165, 1.54) is 70.6 Å². The van der Waals surface area contributed by atoms with Gasteiger partial charge in [-0.3, -0.25) is 4.79 Å². The zero-order chi connectivity index (χ0) is 17.9. The van der Waals surface area contributed by atoms with Crippen LogP contribution in [0.3, 0.4) is 0 Å². The number of carbonyl (C=O) groups is 1. The molecule has 0 heterocycles. The molecule has 144 valence electrons. The Morgan fingerprint density at radius 3 is 1.67 bits per heavy atom. The van der Waals surface area contributed by atoms with Crippen LogP contribution in [0, 0.1) is 5.92 Å². The first-order valence-corrected chi connectivity index (χ1v) is 10.9. The second kappa shape index (κ2) is 18.8. The van der Waals surface area contributed by atoms with Gasteiger partial charge in [0.2, 0.25) is 0 Å². The molecule has 0 aromatic rings. The molecule has 24 heavy (non-hydrogen) atoms. The number of hydrogen-bond donors (Lipinski definition) is 0. The quantitative estimate of drug-likeness (QED) is 0.191. The van der Waals surface area contributed by atoms with Crippen LogP contribution >= 0.6 is 0 Å². The highest BCUT2D eigenvalue weighted by molar-refractivity contribution is 5.72. The summed E-state index contributed by atoms with van der Waals surface area (Å²) >= 11 is 0. The molecule has 0 saturated carbocycles. The Labute approximate surface area is 152 Å². The van der Waals surface area contributed by atoms with Crippen molar-refractivity contribution in [2.24, 2.45) is 5.92 Å². The minimum Gasteiger partial charge on any atom is -0.465 e. The molecule has 0 amide bonds. The third kappa shape index (κ3) is 15.0. The molecular formula is C22H44O2. The summed E-state index contributed by atoms with van der Waals surface area (Å²) in [5.41, 5.74) is 0. The summed E-state index contributed by atoms with van der Waals surface area (Å²) in [6, 6.07) is 0. The van der Waals surface area contributed by atoms with E-state index in [0.717, 1.165) is 32.1 Å². The molecule has 0 bridgehead atoms. The minimum absolute atomic E-state index is 0.0746. The zero-order valence-electron chi connectivity index (χ0n) is 16.9. The Morgan fingerprint density at radius 1 is 0.625 bits per heavy atom. The van der Waals surface area contributed by atoms with Gasteiger partial charge in [-0.25, -0.2) is 0 Å². The van der Waals surface area contributed by atoms with E-state index < -0.39 is 0 Å². The molecule has 0 aliphatic rings. The number of ether oxygens (including phenoxy) is 1. The summed E-state index contributed by atoms with van der Waals surface area (Å²) in [6.45, 7) is 7.32. The number of hydrogen-bond acceptors (Lipinski definition) is 2. The second-order valence-electron chi connectivity index (χ2n) is 7.33. The van der Waals surface area contributed by atoms with Gasteiger partial charge in [-0.1, -0.05) is 104 Å². The number of rotatable bonds is 18. The summed E-state index contributed by atoms with van der Waals surface area (Å²) < 4.78 is 5.56. The van der Waals surface area contributed by atoms with Crippen LogP contribution in [0.4, 0.5) is 0 Å². The van der Waals surface area contributed by atoms with Gasteiger partial charge < -0.3 is 4.74 Å². The smallest absolute Gasteiger partial charge is 0.308 e. The first kappa shape index (κ1) is 23.5. The molecule has 0 spiro atoms. The van der Waals surface area contributed by atoms with Crippen molar-refractivity contribution >= 4 is 5.97 Å². The lowest BCUT2D eigenvalue weighted by Crippen LogP contribution is -2.18. The Morgan fingerprint density at radius 2 is 1.08 bits per heavy atom. The fraction of sp³-hybridized carbons (Fsp3) is 0.955. The maximum Gasteiger partial charge on any atom is 0.308 e. The van der Waals surface area contributed by atoms with Crippen molar-refractivity contribution < 1.29 is 9.53 Å². The van der Waals surface area contributed by atoms with Gasteiger partial charge in [0.15, 0.2) is 0 Å². The number of unbranched alkanes of at least 4 members (excludes halogenated alkanes) is 11. The van der Waals surface area contributed by atoms with E-state index in [2.05, 4.69) is 20.8 Å². The Hall–Kier alpha value is -0.530. The van der Waals surface area contributed by atoms with Crippen LogP contribution in [0.5, 0.6) is 0 Å². The summed E-state index contributed by atoms with van der Waals surface area (Å²) in [5, 5.41) is 0. The van der Waals surface area contributed by atoms with Gasteiger partial charge in [-0.2, -0.15) is 0 Å². The fourth-order valence-electron chi connectivity index (χ4n) is 3.17. The standard InChI is InChI=1S/C22H44O2/c1-4-7-10-12-14-16-19-21(18-9-6-3)22(23)24-20-17-15-13-11-8-5-2/h21H,4-20H2,1-3H3. The first-order chi connectivity index (χ1) is 11.8. The van der Waals surface area contributed by atoms with Crippen molar-refractivity contribution in [2.75, 3.05) is 6.61 Å². The molecule has 0 radical (unpaired) electrons. The van der Waals surface area contributed by atoms with Crippen molar-refractivity contribution in [1.82, 2.24) is 0 Å². The Kier molecular flexibility index (Phi) is 18.4. The maximum absolute atomic E-state index is 12.3. The van der Waals surface area contributed by atoms with Crippen molar-refractivity contribution in [1.29, 1.82) is 0 Å². The monoisotopic (exact) mass is 340 g/mol. The molecule has 1 atom stereocenters. The summed E-state index contributed by atoms with van der Waals surface area (Å²) in [7, 11) is 0. The Bertz CT molecular complexity index is 263. The molecule has 1 unspecified atom stereocenters. The van der Waals surface area contributed by atoms with E-state index in [1.807, 2.05) is 0 Å². The molecule has 2 heteroatoms. The van der Waals surface area contributed by atoms with Crippen LogP contribution in [0.2, 0.25) is 0 Å². The van der Waals surface area contributed by atoms with E-state index in [1.54, 1.807) is 0 Å². The maximum atomic E-state index is 12.3. The number of carbonyl (C=O) groups excluding carboxylic acids is 1. The normalized spacial score (nSPS) is 12.3. The molecular weight excluding hydrogens is 296 g/mol. The lowest BCUT2D eigenvalue weighted by atomic mass is 9.95. The summed E-state index contributed by atoms with van der Waals surface area (Å²) in [4.78, 5) is 12.3. The third-order valence-electron chi connectivity index (χ3n) is 4.89. The fourth-order valence-corrected chi connectivity index (χ4v) is 3.17. The van der Waals surface area contributed by atoms with Gasteiger partial charge in [-0.05, 0) is 19.3 Å². The van der Waals surface area contributed by atoms with E-state index in [0.29, 0.717) is 6.61 Å². The van der Waals surface area contributed by atoms with Crippen molar-refractivity contribution in [3.63, 3.8) is 0 Å². The van der Waals surface area contributed by atoms with Crippen LogP contribution in [-0.4, -0.2) is 12.6 Å². The van der Waals surface area contributed by atoms with Gasteiger partial charge >= 0.3 is 5.97 Å². The van der Waals surface area contributed by atoms with Gasteiger partial charge in [0.25, 0.3) is 0 Å². The van der Waals surface area contributed by atoms with Crippen molar-refractivity contribution in [3.8, 4) is 0 Å². The van der Waals surface area contributed by atoms with Gasteiger partial charge in [0.1, 0.15) is 0 Å². The molecule has 2 nitrogen and oxygen atoms in total. The third-order valence-corrected chi connectivity index (χ3v) is 4.89. The van der Waals surface area contributed by atoms with E-state index in [9.17, 15) is 4.79 Å². The molecule has 0 rings (SSSR count). The topological polar surface area (TPSA) is 26.3 Å². The second-order valence-corrected chi connectivity index (χ2v) is 7.33. The molecule has 0 saturated heterocycles. The Balaban J connectivity index is 3.81. The van der Waals surface area contributed by atoms with Crippen LogP contribution < -0.4 is 0 Å². The SMILES string of the molecule is CCCCCCCCOC(=O)C(CCCC)CCCCCCCC.